The second kappa shape index (κ2) is 7.18. The Balaban J connectivity index is 2.40. The molecular weight excluding hydrogens is 296 g/mol. The quantitative estimate of drug-likeness (QED) is 0.730. The lowest BCUT2D eigenvalue weighted by molar-refractivity contribution is 0.290. The highest BCUT2D eigenvalue weighted by molar-refractivity contribution is 6.17. The van der Waals surface area contributed by atoms with E-state index in [-0.39, 0.29) is 5.52 Å². The number of alkyl halides is 1. The summed E-state index contributed by atoms with van der Waals surface area (Å²) >= 11 is 5.79. The summed E-state index contributed by atoms with van der Waals surface area (Å²) in [6.07, 6.45) is 0.537. The van der Waals surface area contributed by atoms with Crippen LogP contribution < -0.4 is 0 Å². The van der Waals surface area contributed by atoms with Gasteiger partial charge < -0.3 is 9.47 Å². The van der Waals surface area contributed by atoms with Crippen molar-refractivity contribution in [1.29, 1.82) is 0 Å². The average Bonchev–Trinajstić information content (AvgIpc) is 2.79. The molecule has 0 amide bonds. The van der Waals surface area contributed by atoms with E-state index in [1.54, 1.807) is 0 Å². The van der Waals surface area contributed by atoms with Gasteiger partial charge in [0.2, 0.25) is 0 Å². The van der Waals surface area contributed by atoms with Crippen LogP contribution in [0.3, 0.4) is 0 Å². The molecule has 3 nitrogen and oxygen atoms in total. The van der Waals surface area contributed by atoms with Crippen molar-refractivity contribution in [2.45, 2.75) is 26.8 Å². The number of hydrogen-bond donors (Lipinski definition) is 0. The highest BCUT2D eigenvalue weighted by atomic mass is 35.5. The van der Waals surface area contributed by atoms with Gasteiger partial charge >= 0.3 is 0 Å². The second-order valence-electron chi connectivity index (χ2n) is 4.90. The Bertz CT molecular complexity index is 608. The molecule has 0 radical (unpaired) electrons. The molecule has 0 aliphatic rings. The molecule has 2 rings (SSSR count). The highest BCUT2D eigenvalue weighted by Gasteiger charge is 2.15. The van der Waals surface area contributed by atoms with E-state index in [2.05, 4.69) is 23.7 Å². The van der Waals surface area contributed by atoms with Crippen LogP contribution in [0.25, 0.3) is 11.0 Å². The van der Waals surface area contributed by atoms with Gasteiger partial charge in [-0.1, -0.05) is 13.8 Å². The molecule has 0 fully saturated rings. The third-order valence-electron chi connectivity index (χ3n) is 3.70. The number of imidazole rings is 1. The molecule has 1 aromatic heterocycles. The average molecular weight is 316 g/mol. The topological polar surface area (TPSA) is 21.1 Å². The van der Waals surface area contributed by atoms with Gasteiger partial charge in [-0.3, -0.25) is 0 Å². The number of aryl methyl sites for hydroxylation is 1. The summed E-state index contributed by atoms with van der Waals surface area (Å²) in [5.74, 6) is -0.0981. The van der Waals surface area contributed by atoms with E-state index in [4.69, 9.17) is 11.6 Å². The Kier molecular flexibility index (Phi) is 5.53. The van der Waals surface area contributed by atoms with Crippen LogP contribution in [0.1, 0.15) is 19.7 Å². The van der Waals surface area contributed by atoms with Gasteiger partial charge in [0.05, 0.1) is 5.52 Å². The Morgan fingerprint density at radius 3 is 2.57 bits per heavy atom. The van der Waals surface area contributed by atoms with Crippen molar-refractivity contribution in [2.24, 2.45) is 0 Å². The van der Waals surface area contributed by atoms with Gasteiger partial charge in [-0.15, -0.1) is 11.6 Å². The van der Waals surface area contributed by atoms with Gasteiger partial charge in [0, 0.05) is 31.5 Å². The first-order valence-corrected chi connectivity index (χ1v) is 7.76. The van der Waals surface area contributed by atoms with Gasteiger partial charge in [-0.2, -0.15) is 0 Å². The van der Waals surface area contributed by atoms with Gasteiger partial charge in [0.1, 0.15) is 17.2 Å². The maximum absolute atomic E-state index is 13.9. The Morgan fingerprint density at radius 1 is 1.24 bits per heavy atom. The molecule has 0 aliphatic heterocycles. The summed E-state index contributed by atoms with van der Waals surface area (Å²) in [6, 6.07) is 2.21. The van der Waals surface area contributed by atoms with Gasteiger partial charge in [-0.25, -0.2) is 13.8 Å². The molecule has 2 aromatic rings. The van der Waals surface area contributed by atoms with Crippen molar-refractivity contribution in [2.75, 3.05) is 25.5 Å². The maximum atomic E-state index is 13.9. The number of rotatable bonds is 7. The fraction of sp³-hybridized carbons (Fsp3) is 0.533. The standard InChI is InChI=1S/C15H20ClF2N3/c1-3-20(4-2)7-8-21-13-10-11(17)9-12(18)15(13)19-14(21)5-6-16/h9-10H,3-8H2,1-2H3. The van der Waals surface area contributed by atoms with Gasteiger partial charge in [0.15, 0.2) is 5.82 Å². The van der Waals surface area contributed by atoms with Crippen LogP contribution in [0, 0.1) is 11.6 Å². The smallest absolute Gasteiger partial charge is 0.153 e. The van der Waals surface area contributed by atoms with E-state index in [1.807, 2.05) is 4.57 Å². The molecule has 116 valence electrons. The molecule has 0 unspecified atom stereocenters. The van der Waals surface area contributed by atoms with Crippen molar-refractivity contribution in [1.82, 2.24) is 14.5 Å². The normalized spacial score (nSPS) is 11.7. The minimum Gasteiger partial charge on any atom is -0.326 e. The summed E-state index contributed by atoms with van der Waals surface area (Å²) < 4.78 is 29.2. The van der Waals surface area contributed by atoms with Crippen LogP contribution in [-0.4, -0.2) is 40.0 Å². The molecule has 0 spiro atoms. The molecule has 0 aliphatic carbocycles. The minimum absolute atomic E-state index is 0.219. The van der Waals surface area contributed by atoms with Crippen molar-refractivity contribution >= 4 is 22.6 Å². The number of nitrogens with zero attached hydrogens (tertiary/aromatic N) is 3. The summed E-state index contributed by atoms with van der Waals surface area (Å²) in [6.45, 7) is 7.52. The lowest BCUT2D eigenvalue weighted by Gasteiger charge is -2.19. The molecule has 0 saturated carbocycles. The molecule has 0 atom stereocenters. The number of aromatic nitrogens is 2. The zero-order valence-electron chi connectivity index (χ0n) is 12.4. The maximum Gasteiger partial charge on any atom is 0.153 e. The van der Waals surface area contributed by atoms with E-state index in [0.717, 1.165) is 25.7 Å². The second-order valence-corrected chi connectivity index (χ2v) is 5.28. The molecule has 0 N–H and O–H groups in total. The van der Waals surface area contributed by atoms with Crippen LogP contribution in [0.2, 0.25) is 0 Å². The largest absolute Gasteiger partial charge is 0.326 e. The SMILES string of the molecule is CCN(CC)CCn1c(CCCl)nc2c(F)cc(F)cc21. The van der Waals surface area contributed by atoms with E-state index in [1.165, 1.54) is 6.07 Å². The summed E-state index contributed by atoms with van der Waals surface area (Å²) in [5, 5.41) is 0. The van der Waals surface area contributed by atoms with Crippen LogP contribution >= 0.6 is 11.6 Å². The third kappa shape index (κ3) is 3.52. The van der Waals surface area contributed by atoms with E-state index >= 15 is 0 Å². The van der Waals surface area contributed by atoms with Gasteiger partial charge in [0.25, 0.3) is 0 Å². The summed E-state index contributed by atoms with van der Waals surface area (Å²) in [5.41, 5.74) is 0.718. The van der Waals surface area contributed by atoms with Crippen molar-refractivity contribution in [3.05, 3.63) is 29.6 Å². The van der Waals surface area contributed by atoms with Crippen molar-refractivity contribution in [3.63, 3.8) is 0 Å². The van der Waals surface area contributed by atoms with E-state index < -0.39 is 11.6 Å². The zero-order valence-corrected chi connectivity index (χ0v) is 13.1. The van der Waals surface area contributed by atoms with E-state index in [0.29, 0.717) is 30.2 Å². The number of halogens is 3. The molecule has 0 saturated heterocycles. The molecule has 6 heteroatoms. The first-order chi connectivity index (χ1) is 10.1. The summed E-state index contributed by atoms with van der Waals surface area (Å²) in [4.78, 5) is 6.55. The third-order valence-corrected chi connectivity index (χ3v) is 3.89. The fourth-order valence-corrected chi connectivity index (χ4v) is 2.67. The van der Waals surface area contributed by atoms with Crippen LogP contribution in [0.5, 0.6) is 0 Å². The Morgan fingerprint density at radius 2 is 1.95 bits per heavy atom. The Hall–Kier alpha value is -1.20. The monoisotopic (exact) mass is 315 g/mol. The Labute approximate surface area is 128 Å². The lowest BCUT2D eigenvalue weighted by Crippen LogP contribution is -2.27. The number of fused-ring (bicyclic) bond motifs is 1. The zero-order chi connectivity index (χ0) is 15.4. The number of benzene rings is 1. The minimum atomic E-state index is -0.623. The molecule has 1 aromatic carbocycles. The fourth-order valence-electron chi connectivity index (χ4n) is 2.50. The molecule has 1 heterocycles. The molecule has 21 heavy (non-hydrogen) atoms. The van der Waals surface area contributed by atoms with Crippen molar-refractivity contribution < 1.29 is 8.78 Å². The predicted molar refractivity (Wildman–Crippen MR) is 81.9 cm³/mol. The predicted octanol–water partition coefficient (Wildman–Crippen LogP) is 3.44. The highest BCUT2D eigenvalue weighted by Crippen LogP contribution is 2.21. The summed E-state index contributed by atoms with van der Waals surface area (Å²) in [7, 11) is 0. The number of likely N-dealkylation sites (N-methyl/N-ethyl adjacent to an activating group) is 1. The van der Waals surface area contributed by atoms with Crippen LogP contribution in [-0.2, 0) is 13.0 Å². The lowest BCUT2D eigenvalue weighted by atomic mass is 10.3. The van der Waals surface area contributed by atoms with Crippen LogP contribution in [0.4, 0.5) is 8.78 Å². The molecule has 0 bridgehead atoms. The van der Waals surface area contributed by atoms with Crippen LogP contribution in [0.15, 0.2) is 12.1 Å². The van der Waals surface area contributed by atoms with E-state index in [9.17, 15) is 8.78 Å². The van der Waals surface area contributed by atoms with Crippen molar-refractivity contribution in [3.8, 4) is 0 Å². The first-order valence-electron chi connectivity index (χ1n) is 7.23. The first kappa shape index (κ1) is 16.2. The number of hydrogen-bond acceptors (Lipinski definition) is 2. The molecular formula is C15H20ClF2N3. The van der Waals surface area contributed by atoms with Gasteiger partial charge in [-0.05, 0) is 19.2 Å².